The molecule has 1 N–H and O–H groups in total. The van der Waals surface area contributed by atoms with Crippen LogP contribution in [0.3, 0.4) is 0 Å². The van der Waals surface area contributed by atoms with Gasteiger partial charge in [-0.3, -0.25) is 0 Å². The zero-order valence-corrected chi connectivity index (χ0v) is 21.2. The number of nitrogens with one attached hydrogen (secondary N) is 1. The van der Waals surface area contributed by atoms with Crippen LogP contribution >= 0.6 is 11.3 Å². The summed E-state index contributed by atoms with van der Waals surface area (Å²) in [6.45, 7) is 6.46. The Kier molecular flexibility index (Phi) is 8.12. The summed E-state index contributed by atoms with van der Waals surface area (Å²) in [7, 11) is 0. The first kappa shape index (κ1) is 25.5. The molecule has 0 unspecified atom stereocenters. The van der Waals surface area contributed by atoms with Crippen LogP contribution in [0.25, 0.3) is 32.6 Å². The second kappa shape index (κ2) is 11.5. The van der Waals surface area contributed by atoms with Crippen molar-refractivity contribution in [2.24, 2.45) is 0 Å². The van der Waals surface area contributed by atoms with Crippen molar-refractivity contribution in [1.82, 2.24) is 15.5 Å². The van der Waals surface area contributed by atoms with E-state index >= 15 is 0 Å². The summed E-state index contributed by atoms with van der Waals surface area (Å²) in [5, 5.41) is 14.6. The molecule has 2 heterocycles. The number of nitrogens with zero attached hydrogens (tertiary/aromatic N) is 2. The van der Waals surface area contributed by atoms with Crippen LogP contribution in [0.15, 0.2) is 60.0 Å². The first-order valence-electron chi connectivity index (χ1n) is 11.6. The lowest BCUT2D eigenvalue weighted by atomic mass is 10.1. The largest absolute Gasteiger partial charge is 0.490 e. The predicted octanol–water partition coefficient (Wildman–Crippen LogP) is 6.08. The minimum absolute atomic E-state index is 0.200. The quantitative estimate of drug-likeness (QED) is 0.275. The Labute approximate surface area is 213 Å². The average molecular weight is 510 g/mol. The normalized spacial score (nSPS) is 11.4. The molecule has 1 amide bonds. The first-order chi connectivity index (χ1) is 17.3. The molecule has 0 fully saturated rings. The number of thiophene rings is 1. The highest BCUT2D eigenvalue weighted by Gasteiger charge is 2.18. The van der Waals surface area contributed by atoms with E-state index in [4.69, 9.17) is 14.2 Å². The fourth-order valence-electron chi connectivity index (χ4n) is 3.53. The molecule has 9 heteroatoms. The monoisotopic (exact) mass is 509 g/mol. The lowest BCUT2D eigenvalue weighted by molar-refractivity contribution is 0.0489. The molecule has 0 aliphatic carbocycles. The van der Waals surface area contributed by atoms with Crippen LogP contribution in [0, 0.1) is 5.82 Å². The lowest BCUT2D eigenvalue weighted by Crippen LogP contribution is -2.34. The lowest BCUT2D eigenvalue weighted by Gasteiger charge is -2.19. The summed E-state index contributed by atoms with van der Waals surface area (Å²) < 4.78 is 31.6. The number of carbonyl (C=O) groups excluding carboxylic acids is 1. The van der Waals surface area contributed by atoms with Crippen molar-refractivity contribution < 1.29 is 23.4 Å². The van der Waals surface area contributed by atoms with Gasteiger partial charge in [0.05, 0.1) is 17.9 Å². The molecule has 0 aliphatic rings. The van der Waals surface area contributed by atoms with Crippen molar-refractivity contribution >= 4 is 27.5 Å². The summed E-state index contributed by atoms with van der Waals surface area (Å²) in [6.07, 6.45) is -0.494. The first-order valence-corrected chi connectivity index (χ1v) is 12.5. The maximum absolute atomic E-state index is 14.1. The van der Waals surface area contributed by atoms with Crippen LogP contribution in [0.2, 0.25) is 0 Å². The van der Waals surface area contributed by atoms with Gasteiger partial charge in [-0.05, 0) is 44.4 Å². The molecule has 36 heavy (non-hydrogen) atoms. The van der Waals surface area contributed by atoms with E-state index < -0.39 is 17.5 Å². The SMILES string of the molecule is CC(C)(C)OC(=O)NCCOCCOc1cc(F)ccc1-c1nnc(-c2ccccc2)c2ccsc12. The molecule has 0 radical (unpaired) electrons. The van der Waals surface area contributed by atoms with E-state index in [9.17, 15) is 9.18 Å². The van der Waals surface area contributed by atoms with Crippen LogP contribution in [0.5, 0.6) is 5.75 Å². The van der Waals surface area contributed by atoms with Gasteiger partial charge < -0.3 is 19.5 Å². The van der Waals surface area contributed by atoms with Gasteiger partial charge in [0.15, 0.2) is 0 Å². The fraction of sp³-hybridized carbons (Fsp3) is 0.296. The molecular formula is C27H28FN3O4S. The van der Waals surface area contributed by atoms with E-state index in [0.717, 1.165) is 21.3 Å². The van der Waals surface area contributed by atoms with Gasteiger partial charge in [-0.15, -0.1) is 21.5 Å². The van der Waals surface area contributed by atoms with Crippen molar-refractivity contribution in [2.45, 2.75) is 26.4 Å². The second-order valence-electron chi connectivity index (χ2n) is 8.96. The van der Waals surface area contributed by atoms with Gasteiger partial charge in [-0.2, -0.15) is 0 Å². The van der Waals surface area contributed by atoms with E-state index in [2.05, 4.69) is 15.5 Å². The Hall–Kier alpha value is -3.56. The smallest absolute Gasteiger partial charge is 0.407 e. The number of ether oxygens (including phenoxy) is 3. The third-order valence-electron chi connectivity index (χ3n) is 5.03. The molecule has 188 valence electrons. The molecule has 7 nitrogen and oxygen atoms in total. The minimum atomic E-state index is -0.553. The van der Waals surface area contributed by atoms with Gasteiger partial charge in [0.1, 0.15) is 35.2 Å². The van der Waals surface area contributed by atoms with E-state index in [1.165, 1.54) is 12.1 Å². The maximum atomic E-state index is 14.1. The number of halogens is 1. The number of rotatable bonds is 9. The van der Waals surface area contributed by atoms with E-state index in [0.29, 0.717) is 30.2 Å². The predicted molar refractivity (Wildman–Crippen MR) is 139 cm³/mol. The van der Waals surface area contributed by atoms with Gasteiger partial charge in [-0.25, -0.2) is 9.18 Å². The van der Waals surface area contributed by atoms with Gasteiger partial charge in [-0.1, -0.05) is 30.3 Å². The van der Waals surface area contributed by atoms with Gasteiger partial charge in [0.2, 0.25) is 0 Å². The van der Waals surface area contributed by atoms with Crippen molar-refractivity contribution in [3.8, 4) is 28.3 Å². The number of hydrogen-bond donors (Lipinski definition) is 1. The maximum Gasteiger partial charge on any atom is 0.407 e. The molecule has 0 saturated carbocycles. The Balaban J connectivity index is 1.41. The van der Waals surface area contributed by atoms with Gasteiger partial charge in [0.25, 0.3) is 0 Å². The highest BCUT2D eigenvalue weighted by molar-refractivity contribution is 7.17. The number of amides is 1. The number of fused-ring (bicyclic) bond motifs is 1. The molecule has 0 saturated heterocycles. The van der Waals surface area contributed by atoms with Crippen molar-refractivity contribution in [3.05, 3.63) is 65.8 Å². The topological polar surface area (TPSA) is 82.6 Å². The van der Waals surface area contributed by atoms with Crippen molar-refractivity contribution in [2.75, 3.05) is 26.4 Å². The average Bonchev–Trinajstić information content (AvgIpc) is 3.33. The Morgan fingerprint density at radius 2 is 1.78 bits per heavy atom. The summed E-state index contributed by atoms with van der Waals surface area (Å²) in [6, 6.07) is 16.3. The van der Waals surface area contributed by atoms with Crippen LogP contribution in [-0.2, 0) is 9.47 Å². The molecule has 0 bridgehead atoms. The number of alkyl carbamates (subject to hydrolysis) is 1. The van der Waals surface area contributed by atoms with Crippen LogP contribution in [0.4, 0.5) is 9.18 Å². The summed E-state index contributed by atoms with van der Waals surface area (Å²) >= 11 is 1.55. The zero-order chi connectivity index (χ0) is 25.5. The van der Waals surface area contributed by atoms with E-state index in [1.54, 1.807) is 38.2 Å². The van der Waals surface area contributed by atoms with Crippen LogP contribution in [-0.4, -0.2) is 48.3 Å². The summed E-state index contributed by atoms with van der Waals surface area (Å²) in [5.74, 6) is -0.0468. The van der Waals surface area contributed by atoms with E-state index in [1.807, 2.05) is 41.8 Å². The van der Waals surface area contributed by atoms with Crippen molar-refractivity contribution in [1.29, 1.82) is 0 Å². The standard InChI is InChI=1S/C27H28FN3O4S/c1-27(2,3)35-26(32)29-12-13-33-14-15-34-22-17-19(28)9-10-20(22)24-25-21(11-16-36-25)23(30-31-24)18-7-5-4-6-8-18/h4-11,16-17H,12-15H2,1-3H3,(H,29,32). The Morgan fingerprint density at radius 1 is 1.00 bits per heavy atom. The van der Waals surface area contributed by atoms with Gasteiger partial charge >= 0.3 is 6.09 Å². The Morgan fingerprint density at radius 3 is 2.56 bits per heavy atom. The molecule has 0 aliphatic heterocycles. The van der Waals surface area contributed by atoms with Crippen LogP contribution < -0.4 is 10.1 Å². The summed E-state index contributed by atoms with van der Waals surface area (Å²) in [5.41, 5.74) is 2.52. The molecule has 2 aromatic carbocycles. The number of benzene rings is 2. The number of hydrogen-bond acceptors (Lipinski definition) is 7. The molecule has 0 atom stereocenters. The molecule has 2 aromatic heterocycles. The number of aromatic nitrogens is 2. The van der Waals surface area contributed by atoms with E-state index in [-0.39, 0.29) is 13.2 Å². The Bertz CT molecular complexity index is 1320. The molecule has 4 aromatic rings. The number of carbonyl (C=O) groups is 1. The molecule has 4 rings (SSSR count). The van der Waals surface area contributed by atoms with Gasteiger partial charge in [0, 0.05) is 29.1 Å². The molecular weight excluding hydrogens is 481 g/mol. The zero-order valence-electron chi connectivity index (χ0n) is 20.4. The molecule has 0 spiro atoms. The minimum Gasteiger partial charge on any atom is -0.490 e. The van der Waals surface area contributed by atoms with Crippen LogP contribution in [0.1, 0.15) is 20.8 Å². The second-order valence-corrected chi connectivity index (χ2v) is 9.87. The third kappa shape index (κ3) is 6.56. The summed E-state index contributed by atoms with van der Waals surface area (Å²) in [4.78, 5) is 11.7. The highest BCUT2D eigenvalue weighted by Crippen LogP contribution is 2.39. The fourth-order valence-corrected chi connectivity index (χ4v) is 4.42. The van der Waals surface area contributed by atoms with Crippen molar-refractivity contribution in [3.63, 3.8) is 0 Å². The highest BCUT2D eigenvalue weighted by atomic mass is 32.1. The third-order valence-corrected chi connectivity index (χ3v) is 5.95.